The summed E-state index contributed by atoms with van der Waals surface area (Å²) in [6.45, 7) is 10.6. The van der Waals surface area contributed by atoms with Gasteiger partial charge in [0.25, 0.3) is 0 Å². The standard InChI is InChI=1S/C19H23N5OS.C2H6/c1-12-8-16(18-17(22-12)5-6-20-18)14-4-3-7-24(10-14)11-15-9-21-19(26-15)23-13(2)25;1-2/h5-6,8-9,14,20H,3-4,7,10-11H2,1-2H3,(H,21,23,25);1-2H3. The van der Waals surface area contributed by atoms with Crippen molar-refractivity contribution in [1.82, 2.24) is 19.9 Å². The minimum atomic E-state index is -0.0769. The molecule has 1 aliphatic heterocycles. The topological polar surface area (TPSA) is 73.9 Å². The van der Waals surface area contributed by atoms with Gasteiger partial charge in [0.1, 0.15) is 0 Å². The van der Waals surface area contributed by atoms with Crippen LogP contribution in [0.3, 0.4) is 0 Å². The first-order chi connectivity index (χ1) is 13.6. The number of H-pyrrole nitrogens is 1. The maximum Gasteiger partial charge on any atom is 0.223 e. The summed E-state index contributed by atoms with van der Waals surface area (Å²) in [6.07, 6.45) is 6.24. The fourth-order valence-electron chi connectivity index (χ4n) is 3.79. The molecule has 28 heavy (non-hydrogen) atoms. The van der Waals surface area contributed by atoms with Crippen molar-refractivity contribution in [2.24, 2.45) is 0 Å². The average Bonchev–Trinajstić information content (AvgIpc) is 3.31. The Kier molecular flexibility index (Phi) is 6.80. The van der Waals surface area contributed by atoms with Crippen LogP contribution in [0.15, 0.2) is 24.5 Å². The average molecular weight is 400 g/mol. The molecule has 0 spiro atoms. The number of piperidine rings is 1. The quantitative estimate of drug-likeness (QED) is 0.667. The third-order valence-corrected chi connectivity index (χ3v) is 5.73. The van der Waals surface area contributed by atoms with Crippen molar-refractivity contribution in [2.75, 3.05) is 18.4 Å². The van der Waals surface area contributed by atoms with E-state index in [-0.39, 0.29) is 5.91 Å². The highest BCUT2D eigenvalue weighted by Crippen LogP contribution is 2.32. The number of carbonyl (C=O) groups is 1. The van der Waals surface area contributed by atoms with Gasteiger partial charge in [-0.25, -0.2) is 4.98 Å². The van der Waals surface area contributed by atoms with Gasteiger partial charge >= 0.3 is 0 Å². The molecule has 4 rings (SSSR count). The highest BCUT2D eigenvalue weighted by Gasteiger charge is 2.24. The first-order valence-corrected chi connectivity index (χ1v) is 10.8. The number of rotatable bonds is 4. The van der Waals surface area contributed by atoms with E-state index in [1.807, 2.05) is 32.3 Å². The fraction of sp³-hybridized carbons (Fsp3) is 0.476. The monoisotopic (exact) mass is 399 g/mol. The highest BCUT2D eigenvalue weighted by atomic mass is 32.1. The molecule has 3 aromatic heterocycles. The molecular weight excluding hydrogens is 370 g/mol. The fourth-order valence-corrected chi connectivity index (χ4v) is 4.69. The summed E-state index contributed by atoms with van der Waals surface area (Å²) in [5.41, 5.74) is 4.68. The van der Waals surface area contributed by atoms with Gasteiger partial charge in [-0.05, 0) is 49.9 Å². The number of thiazole rings is 1. The van der Waals surface area contributed by atoms with Crippen molar-refractivity contribution in [2.45, 2.75) is 53.0 Å². The predicted molar refractivity (Wildman–Crippen MR) is 116 cm³/mol. The molecule has 4 heterocycles. The molecule has 6 nitrogen and oxygen atoms in total. The van der Waals surface area contributed by atoms with Crippen LogP contribution in [0, 0.1) is 6.92 Å². The van der Waals surface area contributed by atoms with E-state index in [0.29, 0.717) is 11.0 Å². The molecule has 7 heteroatoms. The summed E-state index contributed by atoms with van der Waals surface area (Å²) in [7, 11) is 0. The molecule has 1 unspecified atom stereocenters. The van der Waals surface area contributed by atoms with Crippen molar-refractivity contribution in [3.8, 4) is 0 Å². The van der Waals surface area contributed by atoms with Crippen LogP contribution in [0.1, 0.15) is 55.7 Å². The number of nitrogens with one attached hydrogen (secondary N) is 2. The van der Waals surface area contributed by atoms with E-state index in [1.54, 1.807) is 11.3 Å². The molecular formula is C21H29N5OS. The van der Waals surface area contributed by atoms with Crippen LogP contribution in [0.2, 0.25) is 0 Å². The van der Waals surface area contributed by atoms with E-state index in [2.05, 4.69) is 38.2 Å². The van der Waals surface area contributed by atoms with Gasteiger partial charge in [0.2, 0.25) is 5.91 Å². The van der Waals surface area contributed by atoms with Crippen LogP contribution in [-0.2, 0) is 11.3 Å². The number of hydrogen-bond acceptors (Lipinski definition) is 5. The Hall–Kier alpha value is -2.25. The SMILES string of the molecule is CC.CC(=O)Nc1ncc(CN2CCCC(c3cc(C)nc4cc[nH]c34)C2)s1. The van der Waals surface area contributed by atoms with Crippen LogP contribution in [-0.4, -0.2) is 38.8 Å². The van der Waals surface area contributed by atoms with Crippen LogP contribution < -0.4 is 5.32 Å². The Morgan fingerprint density at radius 3 is 3.04 bits per heavy atom. The summed E-state index contributed by atoms with van der Waals surface area (Å²) in [5.74, 6) is 0.432. The molecule has 0 bridgehead atoms. The number of likely N-dealkylation sites (tertiary alicyclic amines) is 1. The number of carbonyl (C=O) groups excluding carboxylic acids is 1. The number of hydrogen-bond donors (Lipinski definition) is 2. The minimum Gasteiger partial charge on any atom is -0.360 e. The van der Waals surface area contributed by atoms with Gasteiger partial charge in [-0.3, -0.25) is 14.7 Å². The minimum absolute atomic E-state index is 0.0769. The first kappa shape index (κ1) is 20.5. The van der Waals surface area contributed by atoms with Crippen molar-refractivity contribution in [3.63, 3.8) is 0 Å². The number of aromatic nitrogens is 3. The summed E-state index contributed by atoms with van der Waals surface area (Å²) >= 11 is 1.56. The summed E-state index contributed by atoms with van der Waals surface area (Å²) in [5, 5.41) is 3.44. The zero-order valence-corrected chi connectivity index (χ0v) is 17.9. The van der Waals surface area contributed by atoms with Crippen molar-refractivity contribution in [1.29, 1.82) is 0 Å². The number of nitrogens with zero attached hydrogens (tertiary/aromatic N) is 3. The van der Waals surface area contributed by atoms with Crippen LogP contribution in [0.5, 0.6) is 0 Å². The Morgan fingerprint density at radius 1 is 1.43 bits per heavy atom. The van der Waals surface area contributed by atoms with Crippen molar-refractivity contribution in [3.05, 3.63) is 40.7 Å². The maximum atomic E-state index is 11.2. The predicted octanol–water partition coefficient (Wildman–Crippen LogP) is 4.69. The summed E-state index contributed by atoms with van der Waals surface area (Å²) < 4.78 is 0. The zero-order chi connectivity index (χ0) is 20.1. The Morgan fingerprint density at radius 2 is 2.25 bits per heavy atom. The zero-order valence-electron chi connectivity index (χ0n) is 17.1. The van der Waals surface area contributed by atoms with Gasteiger partial charge in [0, 0.05) is 43.0 Å². The molecule has 1 fully saturated rings. The lowest BCUT2D eigenvalue weighted by Gasteiger charge is -2.32. The van der Waals surface area contributed by atoms with E-state index in [1.165, 1.54) is 35.7 Å². The lowest BCUT2D eigenvalue weighted by atomic mass is 9.90. The van der Waals surface area contributed by atoms with Crippen molar-refractivity contribution < 1.29 is 4.79 Å². The number of fused-ring (bicyclic) bond motifs is 1. The number of anilines is 1. The Bertz CT molecular complexity index is 932. The van der Waals surface area contributed by atoms with Gasteiger partial charge in [-0.1, -0.05) is 13.8 Å². The second kappa shape index (κ2) is 9.30. The van der Waals surface area contributed by atoms with E-state index in [0.717, 1.165) is 30.8 Å². The second-order valence-corrected chi connectivity index (χ2v) is 8.09. The molecule has 0 saturated carbocycles. The molecule has 1 atom stereocenters. The Labute approximate surface area is 170 Å². The number of aryl methyl sites for hydroxylation is 1. The normalized spacial score (nSPS) is 17.2. The van der Waals surface area contributed by atoms with E-state index in [9.17, 15) is 4.79 Å². The van der Waals surface area contributed by atoms with Gasteiger partial charge in [-0.15, -0.1) is 11.3 Å². The van der Waals surface area contributed by atoms with E-state index >= 15 is 0 Å². The van der Waals surface area contributed by atoms with Gasteiger partial charge in [0.05, 0.1) is 11.0 Å². The summed E-state index contributed by atoms with van der Waals surface area (Å²) in [4.78, 5) is 27.1. The molecule has 0 aromatic carbocycles. The highest BCUT2D eigenvalue weighted by molar-refractivity contribution is 7.15. The molecule has 0 radical (unpaired) electrons. The smallest absolute Gasteiger partial charge is 0.223 e. The molecule has 1 aliphatic rings. The van der Waals surface area contributed by atoms with Crippen molar-refractivity contribution >= 4 is 33.4 Å². The third kappa shape index (κ3) is 4.77. The molecule has 0 aliphatic carbocycles. The van der Waals surface area contributed by atoms with E-state index in [4.69, 9.17) is 0 Å². The van der Waals surface area contributed by atoms with E-state index < -0.39 is 0 Å². The Balaban J connectivity index is 0.00000109. The lowest BCUT2D eigenvalue weighted by molar-refractivity contribution is -0.114. The number of aromatic amines is 1. The van der Waals surface area contributed by atoms with Gasteiger partial charge in [-0.2, -0.15) is 0 Å². The summed E-state index contributed by atoms with van der Waals surface area (Å²) in [6, 6.07) is 4.28. The number of amides is 1. The molecule has 1 amide bonds. The van der Waals surface area contributed by atoms with Crippen LogP contribution >= 0.6 is 11.3 Å². The third-order valence-electron chi connectivity index (χ3n) is 4.84. The lowest BCUT2D eigenvalue weighted by Crippen LogP contribution is -2.33. The molecule has 1 saturated heterocycles. The first-order valence-electron chi connectivity index (χ1n) is 9.98. The molecule has 3 aromatic rings. The van der Waals surface area contributed by atoms with Gasteiger partial charge < -0.3 is 10.3 Å². The van der Waals surface area contributed by atoms with Crippen LogP contribution in [0.4, 0.5) is 5.13 Å². The largest absolute Gasteiger partial charge is 0.360 e. The second-order valence-electron chi connectivity index (χ2n) is 6.98. The molecule has 150 valence electrons. The molecule has 2 N–H and O–H groups in total. The van der Waals surface area contributed by atoms with Gasteiger partial charge in [0.15, 0.2) is 5.13 Å². The van der Waals surface area contributed by atoms with Crippen LogP contribution in [0.25, 0.3) is 11.0 Å². The number of pyridine rings is 1. The maximum absolute atomic E-state index is 11.2.